The number of aliphatic carboxylic acids is 1. The smallest absolute Gasteiger partial charge is 0.303 e. The molecule has 0 radical (unpaired) electrons. The summed E-state index contributed by atoms with van der Waals surface area (Å²) in [6.45, 7) is 5.36. The van der Waals surface area contributed by atoms with Gasteiger partial charge in [0, 0.05) is 20.0 Å². The van der Waals surface area contributed by atoms with Gasteiger partial charge in [-0.25, -0.2) is 0 Å². The second kappa shape index (κ2) is 5.84. The first kappa shape index (κ1) is 14.9. The van der Waals surface area contributed by atoms with E-state index in [0.717, 1.165) is 0 Å². The topological polar surface area (TPSA) is 77.8 Å². The van der Waals surface area contributed by atoms with Gasteiger partial charge in [-0.05, 0) is 12.3 Å². The van der Waals surface area contributed by atoms with Crippen LogP contribution in [-0.2, 0) is 9.59 Å². The van der Waals surface area contributed by atoms with Crippen LogP contribution in [0.25, 0.3) is 0 Å². The molecule has 0 aromatic heterocycles. The molecule has 5 nitrogen and oxygen atoms in total. The molecule has 1 unspecified atom stereocenters. The lowest BCUT2D eigenvalue weighted by molar-refractivity contribution is -0.140. The normalized spacial score (nSPS) is 13.3. The Hall–Kier alpha value is -1.10. The minimum atomic E-state index is -0.907. The van der Waals surface area contributed by atoms with Gasteiger partial charge in [-0.15, -0.1) is 0 Å². The number of rotatable bonds is 6. The fraction of sp³-hybridized carbons (Fsp3) is 0.818. The molecule has 1 amide bonds. The number of carboxylic acid groups (broad SMARTS) is 1. The molecule has 0 aromatic rings. The van der Waals surface area contributed by atoms with E-state index in [0.29, 0.717) is 0 Å². The minimum absolute atomic E-state index is 0.0404. The van der Waals surface area contributed by atoms with Crippen LogP contribution in [0.3, 0.4) is 0 Å². The van der Waals surface area contributed by atoms with Crippen molar-refractivity contribution < 1.29 is 19.8 Å². The molecular weight excluding hydrogens is 210 g/mol. The van der Waals surface area contributed by atoms with Gasteiger partial charge in [0.25, 0.3) is 0 Å². The Balaban J connectivity index is 4.26. The van der Waals surface area contributed by atoms with Crippen molar-refractivity contribution in [2.24, 2.45) is 5.41 Å². The lowest BCUT2D eigenvalue weighted by Crippen LogP contribution is -2.36. The van der Waals surface area contributed by atoms with Gasteiger partial charge in [-0.1, -0.05) is 13.8 Å². The third-order valence-corrected chi connectivity index (χ3v) is 2.22. The fourth-order valence-corrected chi connectivity index (χ4v) is 1.51. The molecular formula is C11H21NO4. The molecule has 0 aliphatic rings. The molecule has 0 rings (SSSR count). The maximum absolute atomic E-state index is 11.7. The highest BCUT2D eigenvalue weighted by Gasteiger charge is 2.26. The van der Waals surface area contributed by atoms with E-state index in [1.807, 2.05) is 0 Å². The molecule has 5 heteroatoms. The largest absolute Gasteiger partial charge is 0.481 e. The van der Waals surface area contributed by atoms with Crippen molar-refractivity contribution in [2.75, 3.05) is 13.6 Å². The zero-order valence-electron chi connectivity index (χ0n) is 10.4. The van der Waals surface area contributed by atoms with Gasteiger partial charge in [-0.2, -0.15) is 0 Å². The first-order valence-corrected chi connectivity index (χ1v) is 5.28. The van der Waals surface area contributed by atoms with Gasteiger partial charge < -0.3 is 15.1 Å². The lowest BCUT2D eigenvalue weighted by Gasteiger charge is -2.26. The maximum atomic E-state index is 11.7. The van der Waals surface area contributed by atoms with Crippen molar-refractivity contribution in [1.29, 1.82) is 0 Å². The number of carboxylic acids is 1. The quantitative estimate of drug-likeness (QED) is 0.706. The van der Waals surface area contributed by atoms with E-state index in [1.165, 1.54) is 4.90 Å². The van der Waals surface area contributed by atoms with Gasteiger partial charge >= 0.3 is 5.97 Å². The summed E-state index contributed by atoms with van der Waals surface area (Å²) in [5.74, 6) is -1.05. The van der Waals surface area contributed by atoms with E-state index in [4.69, 9.17) is 10.2 Å². The van der Waals surface area contributed by atoms with Crippen LogP contribution in [0.1, 0.15) is 33.6 Å². The number of likely N-dealkylation sites (N-methyl/N-ethyl adjacent to an activating group) is 1. The van der Waals surface area contributed by atoms with Crippen molar-refractivity contribution in [3.05, 3.63) is 0 Å². The van der Waals surface area contributed by atoms with Crippen molar-refractivity contribution in [2.45, 2.75) is 39.7 Å². The molecule has 0 spiro atoms. The van der Waals surface area contributed by atoms with Crippen LogP contribution in [0.15, 0.2) is 0 Å². The van der Waals surface area contributed by atoms with Crippen molar-refractivity contribution in [3.63, 3.8) is 0 Å². The predicted octanol–water partition coefficient (Wildman–Crippen LogP) is 0.717. The van der Waals surface area contributed by atoms with Gasteiger partial charge in [-0.3, -0.25) is 9.59 Å². The monoisotopic (exact) mass is 231 g/mol. The molecule has 16 heavy (non-hydrogen) atoms. The van der Waals surface area contributed by atoms with Crippen molar-refractivity contribution in [1.82, 2.24) is 4.90 Å². The Morgan fingerprint density at radius 2 is 1.81 bits per heavy atom. The van der Waals surface area contributed by atoms with Crippen LogP contribution in [0, 0.1) is 5.41 Å². The number of hydrogen-bond acceptors (Lipinski definition) is 3. The Kier molecular flexibility index (Phi) is 5.44. The Bertz CT molecular complexity index is 261. The summed E-state index contributed by atoms with van der Waals surface area (Å²) in [5.41, 5.74) is -0.560. The maximum Gasteiger partial charge on any atom is 0.303 e. The number of nitrogens with zero attached hydrogens (tertiary/aromatic N) is 1. The van der Waals surface area contributed by atoms with Crippen molar-refractivity contribution in [3.8, 4) is 0 Å². The molecule has 2 N–H and O–H groups in total. The average Bonchev–Trinajstić information content (AvgIpc) is 1.98. The predicted molar refractivity (Wildman–Crippen MR) is 60.0 cm³/mol. The molecule has 0 saturated heterocycles. The van der Waals surface area contributed by atoms with Gasteiger partial charge in [0.05, 0.1) is 12.5 Å². The van der Waals surface area contributed by atoms with Crippen LogP contribution in [-0.4, -0.2) is 46.7 Å². The SMILES string of the molecule is CC(O)CN(C)C(=O)CC(C)(C)CC(=O)O. The van der Waals surface area contributed by atoms with Crippen LogP contribution in [0.5, 0.6) is 0 Å². The Morgan fingerprint density at radius 3 is 2.19 bits per heavy atom. The standard InChI is InChI=1S/C11H21NO4/c1-8(13)7-12(4)9(14)5-11(2,3)6-10(15)16/h8,13H,5-7H2,1-4H3,(H,15,16). The number of carbonyl (C=O) groups is 2. The second-order valence-corrected chi connectivity index (χ2v) is 5.03. The highest BCUT2D eigenvalue weighted by Crippen LogP contribution is 2.25. The first-order valence-electron chi connectivity index (χ1n) is 5.28. The molecule has 0 bridgehead atoms. The Labute approximate surface area is 96.1 Å². The lowest BCUT2D eigenvalue weighted by atomic mass is 9.85. The number of aliphatic hydroxyl groups excluding tert-OH is 1. The van der Waals surface area contributed by atoms with E-state index < -0.39 is 17.5 Å². The van der Waals surface area contributed by atoms with E-state index in [-0.39, 0.29) is 25.3 Å². The van der Waals surface area contributed by atoms with Crippen LogP contribution >= 0.6 is 0 Å². The summed E-state index contributed by atoms with van der Waals surface area (Å²) < 4.78 is 0. The zero-order chi connectivity index (χ0) is 12.9. The number of amides is 1. The Morgan fingerprint density at radius 1 is 1.31 bits per heavy atom. The van der Waals surface area contributed by atoms with E-state index in [2.05, 4.69) is 0 Å². The molecule has 0 heterocycles. The van der Waals surface area contributed by atoms with E-state index in [9.17, 15) is 9.59 Å². The summed E-state index contributed by atoms with van der Waals surface area (Å²) in [6.07, 6.45) is -0.444. The average molecular weight is 231 g/mol. The number of aliphatic hydroxyl groups is 1. The first-order chi connectivity index (χ1) is 7.14. The molecule has 0 fully saturated rings. The number of hydrogen-bond donors (Lipinski definition) is 2. The third-order valence-electron chi connectivity index (χ3n) is 2.22. The van der Waals surface area contributed by atoms with Crippen molar-refractivity contribution >= 4 is 11.9 Å². The molecule has 0 aliphatic heterocycles. The van der Waals surface area contributed by atoms with Crippen LogP contribution in [0.4, 0.5) is 0 Å². The van der Waals surface area contributed by atoms with Crippen LogP contribution < -0.4 is 0 Å². The van der Waals surface area contributed by atoms with Gasteiger partial charge in [0.15, 0.2) is 0 Å². The van der Waals surface area contributed by atoms with E-state index >= 15 is 0 Å². The summed E-state index contributed by atoms with van der Waals surface area (Å²) in [7, 11) is 1.60. The summed E-state index contributed by atoms with van der Waals surface area (Å²) in [5, 5.41) is 17.8. The summed E-state index contributed by atoms with van der Waals surface area (Å²) >= 11 is 0. The highest BCUT2D eigenvalue weighted by atomic mass is 16.4. The minimum Gasteiger partial charge on any atom is -0.481 e. The highest BCUT2D eigenvalue weighted by molar-refractivity contribution is 5.77. The molecule has 0 aliphatic carbocycles. The van der Waals surface area contributed by atoms with E-state index in [1.54, 1.807) is 27.8 Å². The second-order valence-electron chi connectivity index (χ2n) is 5.03. The summed E-state index contributed by atoms with van der Waals surface area (Å²) in [4.78, 5) is 23.7. The van der Waals surface area contributed by atoms with Gasteiger partial charge in [0.2, 0.25) is 5.91 Å². The summed E-state index contributed by atoms with van der Waals surface area (Å²) in [6, 6.07) is 0. The molecule has 94 valence electrons. The fourth-order valence-electron chi connectivity index (χ4n) is 1.51. The number of carbonyl (C=O) groups excluding carboxylic acids is 1. The molecule has 1 atom stereocenters. The zero-order valence-corrected chi connectivity index (χ0v) is 10.4. The van der Waals surface area contributed by atoms with Gasteiger partial charge in [0.1, 0.15) is 0 Å². The molecule has 0 aromatic carbocycles. The molecule has 0 saturated carbocycles. The van der Waals surface area contributed by atoms with Crippen LogP contribution in [0.2, 0.25) is 0 Å². The third kappa shape index (κ3) is 6.40.